The van der Waals surface area contributed by atoms with E-state index in [2.05, 4.69) is 13.8 Å². The van der Waals surface area contributed by atoms with Gasteiger partial charge >= 0.3 is 0 Å². The Labute approximate surface area is 125 Å². The Morgan fingerprint density at radius 2 is 1.95 bits per heavy atom. The summed E-state index contributed by atoms with van der Waals surface area (Å²) in [6.07, 6.45) is 1.73. The average Bonchev–Trinajstić information content (AvgIpc) is 2.84. The summed E-state index contributed by atoms with van der Waals surface area (Å²) in [4.78, 5) is 14.5. The van der Waals surface area contributed by atoms with E-state index in [1.54, 1.807) is 4.90 Å². The molecular weight excluding hydrogens is 266 g/mol. The molecule has 1 N–H and O–H groups in total. The Morgan fingerprint density at radius 1 is 1.29 bits per heavy atom. The van der Waals surface area contributed by atoms with Crippen molar-refractivity contribution < 1.29 is 14.3 Å². The van der Waals surface area contributed by atoms with Gasteiger partial charge in [-0.15, -0.1) is 0 Å². The third kappa shape index (κ3) is 2.95. The van der Waals surface area contributed by atoms with Crippen LogP contribution < -0.4 is 0 Å². The van der Waals surface area contributed by atoms with Crippen LogP contribution >= 0.6 is 0 Å². The number of amides is 1. The maximum atomic E-state index is 12.8. The van der Waals surface area contributed by atoms with Gasteiger partial charge in [0.1, 0.15) is 5.58 Å². The molecule has 0 fully saturated rings. The van der Waals surface area contributed by atoms with Crippen LogP contribution in [0, 0.1) is 6.92 Å². The van der Waals surface area contributed by atoms with E-state index >= 15 is 0 Å². The predicted molar refractivity (Wildman–Crippen MR) is 83.4 cm³/mol. The minimum atomic E-state index is -0.133. The van der Waals surface area contributed by atoms with Gasteiger partial charge in [0.05, 0.1) is 6.61 Å². The van der Waals surface area contributed by atoms with Crippen molar-refractivity contribution in [2.75, 3.05) is 13.2 Å². The van der Waals surface area contributed by atoms with E-state index in [1.165, 1.54) is 0 Å². The first kappa shape index (κ1) is 15.6. The zero-order valence-corrected chi connectivity index (χ0v) is 12.9. The van der Waals surface area contributed by atoms with Crippen LogP contribution in [-0.4, -0.2) is 35.1 Å². The molecule has 4 nitrogen and oxygen atoms in total. The van der Waals surface area contributed by atoms with E-state index in [0.717, 1.165) is 29.4 Å². The lowest BCUT2D eigenvalue weighted by Crippen LogP contribution is -2.41. The first-order valence-corrected chi connectivity index (χ1v) is 7.53. The normalized spacial score (nSPS) is 11.3. The predicted octanol–water partition coefficient (Wildman–Crippen LogP) is 3.36. The van der Waals surface area contributed by atoms with Gasteiger partial charge < -0.3 is 14.4 Å². The summed E-state index contributed by atoms with van der Waals surface area (Å²) < 4.78 is 5.75. The number of aryl methyl sites for hydroxylation is 1. The van der Waals surface area contributed by atoms with Crippen molar-refractivity contribution in [1.29, 1.82) is 0 Å². The zero-order valence-electron chi connectivity index (χ0n) is 12.9. The van der Waals surface area contributed by atoms with Gasteiger partial charge in [-0.1, -0.05) is 32.0 Å². The molecule has 0 unspecified atom stereocenters. The van der Waals surface area contributed by atoms with E-state index in [1.807, 2.05) is 31.2 Å². The number of rotatable bonds is 6. The van der Waals surface area contributed by atoms with Gasteiger partial charge in [-0.2, -0.15) is 0 Å². The standard InChI is InChI=1S/C17H23NO3/c1-4-13(5-2)18(10-11-19)17(20)16-12(3)14-8-6-7-9-15(14)21-16/h6-9,13,19H,4-5,10-11H2,1-3H3. The van der Waals surface area contributed by atoms with Crippen molar-refractivity contribution in [3.63, 3.8) is 0 Å². The molecule has 114 valence electrons. The second-order valence-electron chi connectivity index (χ2n) is 5.24. The lowest BCUT2D eigenvalue weighted by molar-refractivity contribution is 0.0591. The molecule has 1 aromatic carbocycles. The molecule has 21 heavy (non-hydrogen) atoms. The van der Waals surface area contributed by atoms with Crippen molar-refractivity contribution in [2.45, 2.75) is 39.7 Å². The fourth-order valence-corrected chi connectivity index (χ4v) is 2.80. The Balaban J connectivity index is 2.40. The third-order valence-electron chi connectivity index (χ3n) is 4.02. The third-order valence-corrected chi connectivity index (χ3v) is 4.02. The topological polar surface area (TPSA) is 53.7 Å². The Hall–Kier alpha value is -1.81. The second-order valence-corrected chi connectivity index (χ2v) is 5.24. The molecule has 1 amide bonds. The van der Waals surface area contributed by atoms with Gasteiger partial charge in [-0.3, -0.25) is 4.79 Å². The summed E-state index contributed by atoms with van der Waals surface area (Å²) in [6.45, 7) is 6.31. The van der Waals surface area contributed by atoms with Gasteiger partial charge in [0, 0.05) is 23.5 Å². The molecule has 0 atom stereocenters. The molecule has 0 aliphatic heterocycles. The Morgan fingerprint density at radius 3 is 2.52 bits per heavy atom. The fraction of sp³-hybridized carbons (Fsp3) is 0.471. The molecule has 0 bridgehead atoms. The second kappa shape index (κ2) is 6.76. The molecule has 1 aromatic heterocycles. The van der Waals surface area contributed by atoms with Crippen molar-refractivity contribution in [2.24, 2.45) is 0 Å². The number of carbonyl (C=O) groups excluding carboxylic acids is 1. The summed E-state index contributed by atoms with van der Waals surface area (Å²) in [5.74, 6) is 0.253. The van der Waals surface area contributed by atoms with E-state index in [-0.39, 0.29) is 18.6 Å². The summed E-state index contributed by atoms with van der Waals surface area (Å²) >= 11 is 0. The molecule has 0 aliphatic carbocycles. The van der Waals surface area contributed by atoms with Gasteiger partial charge in [0.15, 0.2) is 5.76 Å². The Kier molecular flexibility index (Phi) is 5.02. The number of benzene rings is 1. The number of hydrogen-bond acceptors (Lipinski definition) is 3. The van der Waals surface area contributed by atoms with Crippen molar-refractivity contribution in [3.05, 3.63) is 35.6 Å². The highest BCUT2D eigenvalue weighted by atomic mass is 16.3. The van der Waals surface area contributed by atoms with E-state index < -0.39 is 0 Å². The van der Waals surface area contributed by atoms with Gasteiger partial charge in [0.25, 0.3) is 5.91 Å². The molecule has 0 spiro atoms. The smallest absolute Gasteiger partial charge is 0.290 e. The largest absolute Gasteiger partial charge is 0.451 e. The minimum absolute atomic E-state index is 0.0402. The molecule has 0 radical (unpaired) electrons. The number of nitrogens with zero attached hydrogens (tertiary/aromatic N) is 1. The van der Waals surface area contributed by atoms with Crippen molar-refractivity contribution in [1.82, 2.24) is 4.90 Å². The van der Waals surface area contributed by atoms with Crippen molar-refractivity contribution >= 4 is 16.9 Å². The molecule has 0 aliphatic rings. The molecule has 0 saturated carbocycles. The number of furan rings is 1. The highest BCUT2D eigenvalue weighted by Crippen LogP contribution is 2.26. The molecule has 2 rings (SSSR count). The van der Waals surface area contributed by atoms with Crippen LogP contribution in [0.15, 0.2) is 28.7 Å². The number of aliphatic hydroxyl groups is 1. The summed E-state index contributed by atoms with van der Waals surface area (Å²) in [6, 6.07) is 7.78. The summed E-state index contributed by atoms with van der Waals surface area (Å²) in [5, 5.41) is 10.2. The van der Waals surface area contributed by atoms with E-state index in [0.29, 0.717) is 12.3 Å². The molecule has 4 heteroatoms. The van der Waals surface area contributed by atoms with Crippen LogP contribution in [0.3, 0.4) is 0 Å². The number of aliphatic hydroxyl groups excluding tert-OH is 1. The van der Waals surface area contributed by atoms with Gasteiger partial charge in [-0.25, -0.2) is 0 Å². The quantitative estimate of drug-likeness (QED) is 0.887. The number of carbonyl (C=O) groups is 1. The Bertz CT molecular complexity index is 614. The van der Waals surface area contributed by atoms with Crippen LogP contribution in [0.5, 0.6) is 0 Å². The minimum Gasteiger partial charge on any atom is -0.451 e. The van der Waals surface area contributed by atoms with Crippen LogP contribution in [-0.2, 0) is 0 Å². The highest BCUT2D eigenvalue weighted by Gasteiger charge is 2.26. The van der Waals surface area contributed by atoms with Crippen LogP contribution in [0.2, 0.25) is 0 Å². The summed E-state index contributed by atoms with van der Waals surface area (Å²) in [7, 11) is 0. The number of fused-ring (bicyclic) bond motifs is 1. The molecule has 0 saturated heterocycles. The van der Waals surface area contributed by atoms with Crippen LogP contribution in [0.25, 0.3) is 11.0 Å². The van der Waals surface area contributed by atoms with Gasteiger partial charge in [0.2, 0.25) is 0 Å². The number of hydrogen-bond donors (Lipinski definition) is 1. The SMILES string of the molecule is CCC(CC)N(CCO)C(=O)c1oc2ccccc2c1C. The molecular formula is C17H23NO3. The first-order chi connectivity index (χ1) is 10.1. The van der Waals surface area contributed by atoms with E-state index in [9.17, 15) is 9.90 Å². The average molecular weight is 289 g/mol. The lowest BCUT2D eigenvalue weighted by Gasteiger charge is -2.29. The molecule has 1 heterocycles. The van der Waals surface area contributed by atoms with Crippen molar-refractivity contribution in [3.8, 4) is 0 Å². The van der Waals surface area contributed by atoms with E-state index in [4.69, 9.17) is 4.42 Å². The fourth-order valence-electron chi connectivity index (χ4n) is 2.80. The zero-order chi connectivity index (χ0) is 15.4. The van der Waals surface area contributed by atoms with Crippen LogP contribution in [0.4, 0.5) is 0 Å². The maximum Gasteiger partial charge on any atom is 0.290 e. The number of para-hydroxylation sites is 1. The highest BCUT2D eigenvalue weighted by molar-refractivity contribution is 5.99. The lowest BCUT2D eigenvalue weighted by atomic mass is 10.1. The monoisotopic (exact) mass is 289 g/mol. The van der Waals surface area contributed by atoms with Crippen LogP contribution in [0.1, 0.15) is 42.8 Å². The summed E-state index contributed by atoms with van der Waals surface area (Å²) in [5.41, 5.74) is 1.59. The van der Waals surface area contributed by atoms with Gasteiger partial charge in [-0.05, 0) is 25.8 Å². The maximum absolute atomic E-state index is 12.8. The first-order valence-electron chi connectivity index (χ1n) is 7.53. The molecule has 2 aromatic rings.